The number of nitrogens with one attached hydrogen (secondary N) is 1. The Labute approximate surface area is 89.9 Å². The van der Waals surface area contributed by atoms with Gasteiger partial charge in [0.1, 0.15) is 0 Å². The van der Waals surface area contributed by atoms with Crippen molar-refractivity contribution in [2.45, 2.75) is 38.4 Å². The smallest absolute Gasteiger partial charge is 0.310 e. The van der Waals surface area contributed by atoms with Gasteiger partial charge in [-0.25, -0.2) is 13.1 Å². The minimum atomic E-state index is -3.28. The molecule has 0 saturated heterocycles. The second kappa shape index (κ2) is 4.09. The van der Waals surface area contributed by atoms with Gasteiger partial charge in [-0.2, -0.15) is 0 Å². The van der Waals surface area contributed by atoms with Crippen LogP contribution in [0.5, 0.6) is 0 Å². The molecule has 2 N–H and O–H groups in total. The van der Waals surface area contributed by atoms with Crippen molar-refractivity contribution in [3.8, 4) is 0 Å². The van der Waals surface area contributed by atoms with Crippen LogP contribution in [0.15, 0.2) is 0 Å². The van der Waals surface area contributed by atoms with Crippen molar-refractivity contribution in [3.63, 3.8) is 0 Å². The van der Waals surface area contributed by atoms with E-state index >= 15 is 0 Å². The van der Waals surface area contributed by atoms with Crippen LogP contribution >= 0.6 is 0 Å². The van der Waals surface area contributed by atoms with Gasteiger partial charge in [-0.15, -0.1) is 0 Å². The Morgan fingerprint density at radius 1 is 1.53 bits per heavy atom. The molecular weight excluding hydrogens is 218 g/mol. The average Bonchev–Trinajstić information content (AvgIpc) is 2.97. The van der Waals surface area contributed by atoms with Crippen molar-refractivity contribution in [2.75, 3.05) is 6.54 Å². The van der Waals surface area contributed by atoms with Gasteiger partial charge < -0.3 is 5.11 Å². The fourth-order valence-electron chi connectivity index (χ4n) is 1.11. The van der Waals surface area contributed by atoms with Gasteiger partial charge in [-0.1, -0.05) is 6.92 Å². The van der Waals surface area contributed by atoms with Crippen molar-refractivity contribution in [3.05, 3.63) is 0 Å². The lowest BCUT2D eigenvalue weighted by atomic mass is 9.88. The summed E-state index contributed by atoms with van der Waals surface area (Å²) in [5.74, 6) is -0.969. The molecule has 1 saturated carbocycles. The SMILES string of the molecule is CCC(C)(CNS(=O)(=O)C1CC1)C(=O)O. The van der Waals surface area contributed by atoms with Crippen LogP contribution in [0.25, 0.3) is 0 Å². The number of carbonyl (C=O) groups is 1. The zero-order valence-electron chi connectivity index (χ0n) is 8.99. The van der Waals surface area contributed by atoms with Crippen molar-refractivity contribution in [1.29, 1.82) is 0 Å². The maximum atomic E-state index is 11.5. The molecule has 1 atom stereocenters. The maximum absolute atomic E-state index is 11.5. The molecular formula is C9H17NO4S. The second-order valence-electron chi connectivity index (χ2n) is 4.28. The number of hydrogen-bond donors (Lipinski definition) is 2. The van der Waals surface area contributed by atoms with Gasteiger partial charge in [0.15, 0.2) is 0 Å². The first-order chi connectivity index (χ1) is 6.82. The molecule has 0 radical (unpaired) electrons. The van der Waals surface area contributed by atoms with Gasteiger partial charge in [0.2, 0.25) is 10.0 Å². The lowest BCUT2D eigenvalue weighted by Crippen LogP contribution is -2.41. The number of carboxylic acid groups (broad SMARTS) is 1. The monoisotopic (exact) mass is 235 g/mol. The summed E-state index contributed by atoms with van der Waals surface area (Å²) < 4.78 is 25.3. The summed E-state index contributed by atoms with van der Waals surface area (Å²) in [4.78, 5) is 10.9. The van der Waals surface area contributed by atoms with Gasteiger partial charge in [-0.3, -0.25) is 4.79 Å². The third-order valence-corrected chi connectivity index (χ3v) is 4.82. The Kier molecular flexibility index (Phi) is 3.40. The summed E-state index contributed by atoms with van der Waals surface area (Å²) in [6.07, 6.45) is 1.77. The Balaban J connectivity index is 2.58. The minimum absolute atomic E-state index is 0.0301. The highest BCUT2D eigenvalue weighted by Crippen LogP contribution is 2.28. The van der Waals surface area contributed by atoms with Gasteiger partial charge in [0.05, 0.1) is 10.7 Å². The van der Waals surface area contributed by atoms with Gasteiger partial charge in [-0.05, 0) is 26.2 Å². The molecule has 88 valence electrons. The predicted octanol–water partition coefficient (Wildman–Crippen LogP) is 0.569. The second-order valence-corrected chi connectivity index (χ2v) is 6.33. The minimum Gasteiger partial charge on any atom is -0.481 e. The van der Waals surface area contributed by atoms with E-state index < -0.39 is 21.4 Å². The van der Waals surface area contributed by atoms with E-state index in [4.69, 9.17) is 5.11 Å². The van der Waals surface area contributed by atoms with E-state index in [1.54, 1.807) is 13.8 Å². The quantitative estimate of drug-likeness (QED) is 0.705. The molecule has 0 heterocycles. The van der Waals surface area contributed by atoms with Gasteiger partial charge in [0, 0.05) is 6.54 Å². The molecule has 0 amide bonds. The molecule has 0 aliphatic heterocycles. The molecule has 0 bridgehead atoms. The summed E-state index contributed by atoms with van der Waals surface area (Å²) in [5, 5.41) is 8.65. The fourth-order valence-corrected chi connectivity index (χ4v) is 2.62. The first-order valence-electron chi connectivity index (χ1n) is 5.04. The highest BCUT2D eigenvalue weighted by molar-refractivity contribution is 7.90. The molecule has 0 aromatic rings. The van der Waals surface area contributed by atoms with Crippen LogP contribution in [0.4, 0.5) is 0 Å². The number of carboxylic acids is 1. The number of sulfonamides is 1. The van der Waals surface area contributed by atoms with Crippen LogP contribution in [-0.2, 0) is 14.8 Å². The lowest BCUT2D eigenvalue weighted by molar-refractivity contribution is -0.147. The average molecular weight is 235 g/mol. The number of aliphatic carboxylic acids is 1. The van der Waals surface area contributed by atoms with Crippen molar-refractivity contribution >= 4 is 16.0 Å². The molecule has 15 heavy (non-hydrogen) atoms. The normalized spacial score (nSPS) is 20.9. The summed E-state index contributed by atoms with van der Waals surface area (Å²) in [7, 11) is -3.28. The van der Waals surface area contributed by atoms with Gasteiger partial charge >= 0.3 is 5.97 Å². The molecule has 5 nitrogen and oxygen atoms in total. The Morgan fingerprint density at radius 3 is 2.40 bits per heavy atom. The Bertz CT molecular complexity index is 347. The molecule has 0 aromatic heterocycles. The summed E-state index contributed by atoms with van der Waals surface area (Å²) >= 11 is 0. The van der Waals surface area contributed by atoms with E-state index in [-0.39, 0.29) is 11.8 Å². The van der Waals surface area contributed by atoms with E-state index in [1.807, 2.05) is 0 Å². The zero-order valence-corrected chi connectivity index (χ0v) is 9.80. The van der Waals surface area contributed by atoms with E-state index in [1.165, 1.54) is 0 Å². The summed E-state index contributed by atoms with van der Waals surface area (Å²) in [6.45, 7) is 3.25. The topological polar surface area (TPSA) is 83.5 Å². The van der Waals surface area contributed by atoms with E-state index in [2.05, 4.69) is 4.72 Å². The molecule has 1 aliphatic rings. The van der Waals surface area contributed by atoms with Crippen molar-refractivity contribution in [1.82, 2.24) is 4.72 Å². The summed E-state index contributed by atoms with van der Waals surface area (Å²) in [5.41, 5.74) is -1.01. The molecule has 6 heteroatoms. The Morgan fingerprint density at radius 2 is 2.07 bits per heavy atom. The highest BCUT2D eigenvalue weighted by Gasteiger charge is 2.38. The maximum Gasteiger partial charge on any atom is 0.310 e. The first kappa shape index (κ1) is 12.4. The molecule has 1 fully saturated rings. The van der Waals surface area contributed by atoms with E-state index in [0.717, 1.165) is 0 Å². The standard InChI is InChI=1S/C9H17NO4S/c1-3-9(2,8(11)12)6-10-15(13,14)7-4-5-7/h7,10H,3-6H2,1-2H3,(H,11,12). The van der Waals surface area contributed by atoms with E-state index in [0.29, 0.717) is 19.3 Å². The molecule has 0 aromatic carbocycles. The van der Waals surface area contributed by atoms with Crippen LogP contribution in [0.1, 0.15) is 33.1 Å². The van der Waals surface area contributed by atoms with Gasteiger partial charge in [0.25, 0.3) is 0 Å². The first-order valence-corrected chi connectivity index (χ1v) is 6.58. The fraction of sp³-hybridized carbons (Fsp3) is 0.889. The summed E-state index contributed by atoms with van der Waals surface area (Å²) in [6, 6.07) is 0. The predicted molar refractivity (Wildman–Crippen MR) is 56.0 cm³/mol. The largest absolute Gasteiger partial charge is 0.481 e. The molecule has 1 rings (SSSR count). The lowest BCUT2D eigenvalue weighted by Gasteiger charge is -2.23. The Hall–Kier alpha value is -0.620. The molecule has 0 spiro atoms. The van der Waals surface area contributed by atoms with Crippen LogP contribution in [0.2, 0.25) is 0 Å². The van der Waals surface area contributed by atoms with Crippen molar-refractivity contribution in [2.24, 2.45) is 5.41 Å². The zero-order chi connectivity index (χ0) is 11.7. The van der Waals surface area contributed by atoms with E-state index in [9.17, 15) is 13.2 Å². The van der Waals surface area contributed by atoms with Crippen LogP contribution in [0, 0.1) is 5.41 Å². The molecule has 1 aliphatic carbocycles. The third kappa shape index (κ3) is 2.92. The van der Waals surface area contributed by atoms with Crippen LogP contribution < -0.4 is 4.72 Å². The van der Waals surface area contributed by atoms with Crippen LogP contribution in [0.3, 0.4) is 0 Å². The number of rotatable bonds is 6. The third-order valence-electron chi connectivity index (χ3n) is 2.92. The molecule has 1 unspecified atom stereocenters. The number of hydrogen-bond acceptors (Lipinski definition) is 3. The van der Waals surface area contributed by atoms with Crippen LogP contribution in [-0.4, -0.2) is 31.3 Å². The van der Waals surface area contributed by atoms with Crippen molar-refractivity contribution < 1.29 is 18.3 Å². The highest BCUT2D eigenvalue weighted by atomic mass is 32.2.